The number of hydrogen-bond acceptors (Lipinski definition) is 6. The van der Waals surface area contributed by atoms with Crippen LogP contribution in [0, 0.1) is 0 Å². The third-order valence-corrected chi connectivity index (χ3v) is 5.52. The first kappa shape index (κ1) is 28.3. The molecule has 0 amide bonds. The monoisotopic (exact) mass is 571 g/mol. The first-order chi connectivity index (χ1) is 16.6. The SMILES string of the molecule is OCCCCCNC1=C2C(C(F)(F)F)=NC(C(F)(F)F)=NC2NN1c1c(Cl)cc(C(F)(F)F)cc1Cl. The van der Waals surface area contributed by atoms with Gasteiger partial charge in [0, 0.05) is 13.2 Å². The molecule has 0 saturated carbocycles. The zero-order chi connectivity index (χ0) is 27.1. The van der Waals surface area contributed by atoms with Gasteiger partial charge in [0.05, 0.1) is 26.9 Å². The summed E-state index contributed by atoms with van der Waals surface area (Å²) in [5.41, 5.74) is -2.14. The smallest absolute Gasteiger partial charge is 0.396 e. The summed E-state index contributed by atoms with van der Waals surface area (Å²) in [6, 6.07) is 0.943. The lowest BCUT2D eigenvalue weighted by atomic mass is 10.1. The van der Waals surface area contributed by atoms with E-state index in [-0.39, 0.29) is 13.2 Å². The molecule has 3 N–H and O–H groups in total. The van der Waals surface area contributed by atoms with Gasteiger partial charge in [-0.15, -0.1) is 0 Å². The van der Waals surface area contributed by atoms with Crippen molar-refractivity contribution in [3.05, 3.63) is 39.1 Å². The summed E-state index contributed by atoms with van der Waals surface area (Å²) in [7, 11) is 0. The van der Waals surface area contributed by atoms with E-state index < -0.39 is 68.9 Å². The van der Waals surface area contributed by atoms with Crippen molar-refractivity contribution < 1.29 is 44.6 Å². The predicted octanol–water partition coefficient (Wildman–Crippen LogP) is 5.60. The fourth-order valence-corrected chi connectivity index (χ4v) is 4.08. The third kappa shape index (κ3) is 6.01. The van der Waals surface area contributed by atoms with Crippen LogP contribution < -0.4 is 15.8 Å². The fraction of sp³-hybridized carbons (Fsp3) is 0.474. The molecule has 0 aliphatic carbocycles. The maximum atomic E-state index is 13.8. The van der Waals surface area contributed by atoms with Crippen molar-refractivity contribution in [2.45, 2.75) is 44.0 Å². The molecule has 1 unspecified atom stereocenters. The Balaban J connectivity index is 2.15. The minimum absolute atomic E-state index is 0.0272. The van der Waals surface area contributed by atoms with Gasteiger partial charge in [-0.2, -0.15) is 44.9 Å². The number of hydrogen-bond donors (Lipinski definition) is 3. The fourth-order valence-electron chi connectivity index (χ4n) is 3.42. The maximum absolute atomic E-state index is 13.8. The van der Waals surface area contributed by atoms with E-state index in [1.165, 1.54) is 0 Å². The Morgan fingerprint density at radius 1 is 0.917 bits per heavy atom. The number of nitrogens with zero attached hydrogens (tertiary/aromatic N) is 3. The van der Waals surface area contributed by atoms with Gasteiger partial charge in [0.1, 0.15) is 12.0 Å². The number of amidine groups is 1. The number of alkyl halides is 9. The van der Waals surface area contributed by atoms with E-state index in [0.717, 1.165) is 5.01 Å². The molecule has 200 valence electrons. The van der Waals surface area contributed by atoms with Gasteiger partial charge in [0.2, 0.25) is 5.84 Å². The first-order valence-corrected chi connectivity index (χ1v) is 10.8. The van der Waals surface area contributed by atoms with Crippen LogP contribution in [-0.2, 0) is 6.18 Å². The van der Waals surface area contributed by atoms with Crippen LogP contribution in [0.1, 0.15) is 24.8 Å². The summed E-state index contributed by atoms with van der Waals surface area (Å²) in [6.45, 7) is -0.166. The van der Waals surface area contributed by atoms with Crippen molar-refractivity contribution in [1.29, 1.82) is 0 Å². The molecule has 3 rings (SSSR count). The molecule has 1 aromatic rings. The molecule has 0 bridgehead atoms. The standard InChI is InChI=1S/C19H16Cl2F9N5O/c20-9-6-8(17(22,23)24)7-10(21)12(9)35-15(31-4-2-1-3-5-36)11-13(18(25,26)27)32-16(19(28,29)30)33-14(11)34-35/h6-7,14,31,34,36H,1-5H2. The molecule has 0 fully saturated rings. The van der Waals surface area contributed by atoms with Gasteiger partial charge in [-0.3, -0.25) is 5.01 Å². The number of halogens is 11. The van der Waals surface area contributed by atoms with Crippen LogP contribution in [-0.4, -0.2) is 48.3 Å². The minimum atomic E-state index is -5.35. The summed E-state index contributed by atoms with van der Waals surface area (Å²) in [5.74, 6) is -2.54. The molecule has 1 atom stereocenters. The van der Waals surface area contributed by atoms with E-state index >= 15 is 0 Å². The Hall–Kier alpha value is -2.23. The molecular formula is C19H16Cl2F9N5O. The quantitative estimate of drug-likeness (QED) is 0.294. The van der Waals surface area contributed by atoms with Crippen LogP contribution in [0.2, 0.25) is 10.0 Å². The molecule has 0 radical (unpaired) electrons. The van der Waals surface area contributed by atoms with E-state index in [2.05, 4.69) is 20.7 Å². The summed E-state index contributed by atoms with van der Waals surface area (Å²) >= 11 is 12.0. The molecule has 1 aromatic carbocycles. The van der Waals surface area contributed by atoms with Crippen molar-refractivity contribution in [2.24, 2.45) is 9.98 Å². The van der Waals surface area contributed by atoms with Crippen LogP contribution in [0.3, 0.4) is 0 Å². The number of aliphatic hydroxyl groups is 1. The van der Waals surface area contributed by atoms with Crippen LogP contribution in [0.5, 0.6) is 0 Å². The molecule has 0 saturated heterocycles. The molecule has 36 heavy (non-hydrogen) atoms. The normalized spacial score (nSPS) is 18.9. The average Bonchev–Trinajstić information content (AvgIpc) is 3.08. The van der Waals surface area contributed by atoms with E-state index in [0.29, 0.717) is 31.4 Å². The topological polar surface area (TPSA) is 72.2 Å². The number of benzene rings is 1. The summed E-state index contributed by atoms with van der Waals surface area (Å²) < 4.78 is 121. The van der Waals surface area contributed by atoms with Crippen LogP contribution in [0.15, 0.2) is 33.5 Å². The zero-order valence-corrected chi connectivity index (χ0v) is 19.2. The molecular weight excluding hydrogens is 556 g/mol. The molecule has 6 nitrogen and oxygen atoms in total. The summed E-state index contributed by atoms with van der Waals surface area (Å²) in [6.07, 6.45) is -16.4. The van der Waals surface area contributed by atoms with Crippen LogP contribution in [0.25, 0.3) is 0 Å². The summed E-state index contributed by atoms with van der Waals surface area (Å²) in [5, 5.41) is 10.9. The number of unbranched alkanes of at least 4 members (excludes halogenated alkanes) is 2. The number of hydrazine groups is 1. The van der Waals surface area contributed by atoms with Gasteiger partial charge >= 0.3 is 18.5 Å². The first-order valence-electron chi connectivity index (χ1n) is 10.1. The van der Waals surface area contributed by atoms with Gasteiger partial charge in [-0.05, 0) is 31.4 Å². The molecule has 0 spiro atoms. The lowest BCUT2D eigenvalue weighted by Gasteiger charge is -2.26. The summed E-state index contributed by atoms with van der Waals surface area (Å²) in [4.78, 5) is 5.93. The van der Waals surface area contributed by atoms with Gasteiger partial charge in [0.25, 0.3) is 0 Å². The number of fused-ring (bicyclic) bond motifs is 1. The Morgan fingerprint density at radius 2 is 1.53 bits per heavy atom. The second kappa shape index (κ2) is 10.3. The Bertz CT molecular complexity index is 1070. The highest BCUT2D eigenvalue weighted by atomic mass is 35.5. The van der Waals surface area contributed by atoms with Gasteiger partial charge in [-0.1, -0.05) is 23.2 Å². The Kier molecular flexibility index (Phi) is 8.08. The minimum Gasteiger partial charge on any atom is -0.396 e. The Morgan fingerprint density at radius 3 is 2.03 bits per heavy atom. The van der Waals surface area contributed by atoms with E-state index in [4.69, 9.17) is 28.3 Å². The lowest BCUT2D eigenvalue weighted by molar-refractivity contribution is -0.137. The molecule has 17 heteroatoms. The van der Waals surface area contributed by atoms with Crippen molar-refractivity contribution >= 4 is 40.4 Å². The molecule has 2 aliphatic rings. The highest BCUT2D eigenvalue weighted by Crippen LogP contribution is 2.44. The highest BCUT2D eigenvalue weighted by Gasteiger charge is 2.52. The molecule has 2 heterocycles. The van der Waals surface area contributed by atoms with Crippen LogP contribution in [0.4, 0.5) is 45.2 Å². The van der Waals surface area contributed by atoms with Crippen molar-refractivity contribution in [3.63, 3.8) is 0 Å². The van der Waals surface area contributed by atoms with Gasteiger partial charge < -0.3 is 10.4 Å². The third-order valence-electron chi connectivity index (χ3n) is 4.94. The number of nitrogens with one attached hydrogen (secondary N) is 2. The van der Waals surface area contributed by atoms with Crippen molar-refractivity contribution in [2.75, 3.05) is 18.2 Å². The van der Waals surface area contributed by atoms with E-state index in [1.54, 1.807) is 0 Å². The number of aliphatic hydroxyl groups excluding tert-OH is 1. The predicted molar refractivity (Wildman–Crippen MR) is 114 cm³/mol. The van der Waals surface area contributed by atoms with Gasteiger partial charge in [-0.25, -0.2) is 9.98 Å². The number of anilines is 1. The van der Waals surface area contributed by atoms with E-state index in [1.807, 2.05) is 0 Å². The molecule has 0 aromatic heterocycles. The maximum Gasteiger partial charge on any atom is 0.451 e. The Labute approximate surface area is 207 Å². The highest BCUT2D eigenvalue weighted by molar-refractivity contribution is 6.39. The van der Waals surface area contributed by atoms with Crippen molar-refractivity contribution in [1.82, 2.24) is 10.7 Å². The van der Waals surface area contributed by atoms with Gasteiger partial charge in [0.15, 0.2) is 5.71 Å². The average molecular weight is 572 g/mol. The van der Waals surface area contributed by atoms with Crippen LogP contribution >= 0.6 is 23.2 Å². The second-order valence-electron chi connectivity index (χ2n) is 7.54. The lowest BCUT2D eigenvalue weighted by Crippen LogP contribution is -2.43. The van der Waals surface area contributed by atoms with Crippen molar-refractivity contribution in [3.8, 4) is 0 Å². The second-order valence-corrected chi connectivity index (χ2v) is 8.35. The zero-order valence-electron chi connectivity index (χ0n) is 17.7. The van der Waals surface area contributed by atoms with E-state index in [9.17, 15) is 39.5 Å². The number of rotatable bonds is 7. The molecule has 2 aliphatic heterocycles. The number of aliphatic imine (C=N–C) groups is 2. The largest absolute Gasteiger partial charge is 0.451 e.